The summed E-state index contributed by atoms with van der Waals surface area (Å²) >= 11 is 0. The number of carboxylic acid groups (broad SMARTS) is 1. The molecule has 10 atom stereocenters. The Bertz CT molecular complexity index is 2380. The van der Waals surface area contributed by atoms with Crippen LogP contribution >= 0.6 is 0 Å². The van der Waals surface area contributed by atoms with Gasteiger partial charge in [0, 0.05) is 90.5 Å². The van der Waals surface area contributed by atoms with E-state index in [1.807, 2.05) is 78.8 Å². The molecule has 2 aliphatic heterocycles. The highest BCUT2D eigenvalue weighted by Gasteiger charge is 2.44. The van der Waals surface area contributed by atoms with E-state index in [0.29, 0.717) is 69.3 Å². The van der Waals surface area contributed by atoms with Crippen molar-refractivity contribution in [2.75, 3.05) is 53.3 Å². The molecule has 0 bridgehead atoms. The summed E-state index contributed by atoms with van der Waals surface area (Å²) in [5.41, 5.74) is 2.23. The Labute approximate surface area is 475 Å². The van der Waals surface area contributed by atoms with Gasteiger partial charge in [-0.3, -0.25) is 43.3 Å². The van der Waals surface area contributed by atoms with Crippen molar-refractivity contribution >= 4 is 58.7 Å². The average Bonchev–Trinajstić information content (AvgIpc) is 4.05. The van der Waals surface area contributed by atoms with Gasteiger partial charge < -0.3 is 39.3 Å². The van der Waals surface area contributed by atoms with Crippen molar-refractivity contribution in [3.05, 3.63) is 65.7 Å². The van der Waals surface area contributed by atoms with Crippen molar-refractivity contribution in [1.82, 2.24) is 19.6 Å². The highest BCUT2D eigenvalue weighted by molar-refractivity contribution is 6.03. The smallest absolute Gasteiger partial charge is 0.410 e. The number of carbonyl (C=O) groups is 9. The monoisotopic (exact) mass is 1120 g/mol. The third-order valence-corrected chi connectivity index (χ3v) is 16.7. The van der Waals surface area contributed by atoms with Crippen LogP contribution < -0.4 is 5.32 Å². The number of Topliss-reactive ketones (excluding diaryl/α,β-unsaturated/α-hetero) is 3. The summed E-state index contributed by atoms with van der Waals surface area (Å²) in [6.45, 7) is 16.0. The van der Waals surface area contributed by atoms with Crippen LogP contribution in [0.5, 0.6) is 0 Å². The molecular formula is C62H93N5O13. The molecular weight excluding hydrogens is 1020 g/mol. The minimum absolute atomic E-state index is 0.0358. The van der Waals surface area contributed by atoms with Crippen molar-refractivity contribution in [3.63, 3.8) is 0 Å². The molecule has 0 aromatic heterocycles. The van der Waals surface area contributed by atoms with Crippen LogP contribution in [0.3, 0.4) is 0 Å². The first kappa shape index (κ1) is 66.5. The molecule has 2 aliphatic rings. The van der Waals surface area contributed by atoms with Gasteiger partial charge in [-0.25, -0.2) is 4.79 Å². The molecule has 0 radical (unpaired) electrons. The normalized spacial score (nSPS) is 18.5. The van der Waals surface area contributed by atoms with Gasteiger partial charge in [0.15, 0.2) is 11.6 Å². The molecule has 444 valence electrons. The lowest BCUT2D eigenvalue weighted by Crippen LogP contribution is -2.54. The molecule has 1 unspecified atom stereocenters. The summed E-state index contributed by atoms with van der Waals surface area (Å²) in [5.74, 6) is -5.57. The maximum atomic E-state index is 14.8. The Morgan fingerprint density at radius 3 is 2.04 bits per heavy atom. The fourth-order valence-corrected chi connectivity index (χ4v) is 11.6. The molecule has 4 rings (SSSR count). The first-order valence-electron chi connectivity index (χ1n) is 29.0. The number of carboxylic acids is 1. The Morgan fingerprint density at radius 2 is 1.46 bits per heavy atom. The topological polar surface area (TPSA) is 227 Å². The fraction of sp³-hybridized carbons (Fsp3) is 0.661. The summed E-state index contributed by atoms with van der Waals surface area (Å²) in [7, 11) is 6.23. The highest BCUT2D eigenvalue weighted by Crippen LogP contribution is 2.32. The molecule has 18 heteroatoms. The van der Waals surface area contributed by atoms with Gasteiger partial charge in [0.2, 0.25) is 23.6 Å². The summed E-state index contributed by atoms with van der Waals surface area (Å²) < 4.78 is 17.7. The largest absolute Gasteiger partial charge is 0.481 e. The predicted molar refractivity (Wildman–Crippen MR) is 305 cm³/mol. The quantitative estimate of drug-likeness (QED) is 0.0487. The van der Waals surface area contributed by atoms with E-state index < -0.39 is 60.1 Å². The molecule has 2 N–H and O–H groups in total. The molecule has 5 amide bonds. The van der Waals surface area contributed by atoms with Crippen LogP contribution in [0.15, 0.2) is 54.6 Å². The number of benzene rings is 2. The number of likely N-dealkylation sites (N-methyl/N-ethyl adjacent to an activating group) is 2. The Balaban J connectivity index is 1.33. The lowest BCUT2D eigenvalue weighted by Gasteiger charge is -2.41. The summed E-state index contributed by atoms with van der Waals surface area (Å²) in [4.78, 5) is 126. The molecule has 2 saturated heterocycles. The second-order valence-electron chi connectivity index (χ2n) is 23.0. The number of anilines is 1. The van der Waals surface area contributed by atoms with E-state index in [1.165, 1.54) is 31.1 Å². The maximum absolute atomic E-state index is 14.8. The number of nitrogens with one attached hydrogen (secondary N) is 1. The molecule has 0 aliphatic carbocycles. The van der Waals surface area contributed by atoms with Crippen LogP contribution in [0.2, 0.25) is 0 Å². The summed E-state index contributed by atoms with van der Waals surface area (Å²) in [5, 5.41) is 13.2. The first-order valence-corrected chi connectivity index (χ1v) is 29.0. The number of carbonyl (C=O) groups excluding carboxylic acids is 8. The Hall–Kier alpha value is -6.01. The summed E-state index contributed by atoms with van der Waals surface area (Å²) in [6.07, 6.45) is 3.01. The summed E-state index contributed by atoms with van der Waals surface area (Å²) in [6, 6.07) is 14.4. The average molecular weight is 1120 g/mol. The van der Waals surface area contributed by atoms with Crippen LogP contribution in [0.4, 0.5) is 10.5 Å². The minimum Gasteiger partial charge on any atom is -0.481 e. The molecule has 0 spiro atoms. The van der Waals surface area contributed by atoms with Gasteiger partial charge in [-0.1, -0.05) is 111 Å². The Kier molecular flexibility index (Phi) is 27.0. The molecule has 2 aromatic carbocycles. The van der Waals surface area contributed by atoms with Crippen LogP contribution in [0.25, 0.3) is 0 Å². The number of likely N-dealkylation sites (tertiary alicyclic amines) is 2. The van der Waals surface area contributed by atoms with Crippen molar-refractivity contribution < 1.29 is 62.5 Å². The standard InChI is InChI=1S/C62H93N5O13/c1-13-41(7)57(53(78-11)36-55(72)66-31-21-25-50(66)58(79-12)42(8)51(69)33-46(61(75)76)32-43-22-17-15-18-23-43)64(9)60(74)49(39(3)4)35-52(70)56(40(5)6)65(10)62(77)80-38-44-26-28-47(29-27-44)63-37-48(68)24-19-16-20-30-67-54(71)34-45(14-2)59(67)73/h15,17-18,22-23,26-29,39-42,45-46,49-50,53,56-58,63H,13-14,16,19-21,24-25,30-38H2,1-12H3,(H,75,76)/t41-,42-,45?,46+,49-,50-,53+,56-,57-,58+/m0/s1. The van der Waals surface area contributed by atoms with Gasteiger partial charge >= 0.3 is 12.1 Å². The van der Waals surface area contributed by atoms with Crippen LogP contribution in [0.1, 0.15) is 144 Å². The number of imide groups is 1. The number of methoxy groups -OCH3 is 2. The SMILES string of the molecule is CCC1CC(=O)N(CCCCCC(=O)CNc2ccc(COC(=O)N(C)[C@H](C(=O)C[C@H](C(=O)N(C)[C@@H]([C@@H](C)CC)[C@@H](CC(=O)N3CCC[C@H]3[C@H](OC)[C@@H](C)C(=O)C[C@@H](Cc3ccccc3)C(=O)O)OC)C(C)C)C(C)C)cc2)C1=O. The van der Waals surface area contributed by atoms with Crippen molar-refractivity contribution in [2.45, 2.75) is 176 Å². The zero-order valence-corrected chi connectivity index (χ0v) is 49.8. The van der Waals surface area contributed by atoms with E-state index in [1.54, 1.807) is 48.0 Å². The van der Waals surface area contributed by atoms with Crippen LogP contribution in [-0.4, -0.2) is 156 Å². The number of ether oxygens (including phenoxy) is 3. The molecule has 18 nitrogen and oxygen atoms in total. The van der Waals surface area contributed by atoms with Gasteiger partial charge in [0.05, 0.1) is 49.2 Å². The predicted octanol–water partition coefficient (Wildman–Crippen LogP) is 8.66. The number of ketones is 3. The van der Waals surface area contributed by atoms with Gasteiger partial charge in [-0.2, -0.15) is 0 Å². The molecule has 0 saturated carbocycles. The number of unbranched alkanes of at least 4 members (excludes halogenated alkanes) is 2. The van der Waals surface area contributed by atoms with E-state index >= 15 is 0 Å². The third-order valence-electron chi connectivity index (χ3n) is 16.7. The van der Waals surface area contributed by atoms with Crippen molar-refractivity contribution in [1.29, 1.82) is 0 Å². The van der Waals surface area contributed by atoms with E-state index in [4.69, 9.17) is 14.2 Å². The molecule has 2 aromatic rings. The highest BCUT2D eigenvalue weighted by atomic mass is 16.6. The molecule has 2 heterocycles. The number of hydrogen-bond donors (Lipinski definition) is 2. The van der Waals surface area contributed by atoms with Crippen LogP contribution in [-0.2, 0) is 65.6 Å². The number of aliphatic carboxylic acids is 1. The lowest BCUT2D eigenvalue weighted by molar-refractivity contribution is -0.149. The second-order valence-corrected chi connectivity index (χ2v) is 23.0. The fourth-order valence-electron chi connectivity index (χ4n) is 11.6. The van der Waals surface area contributed by atoms with Gasteiger partial charge in [-0.05, 0) is 79.5 Å². The zero-order valence-electron chi connectivity index (χ0n) is 49.8. The van der Waals surface area contributed by atoms with Gasteiger partial charge in [0.25, 0.3) is 0 Å². The number of nitrogens with zero attached hydrogens (tertiary/aromatic N) is 4. The maximum Gasteiger partial charge on any atom is 0.410 e. The van der Waals surface area contributed by atoms with Crippen LogP contribution in [0, 0.1) is 41.4 Å². The van der Waals surface area contributed by atoms with E-state index in [2.05, 4.69) is 5.32 Å². The van der Waals surface area contributed by atoms with Crippen molar-refractivity contribution in [3.8, 4) is 0 Å². The number of hydrogen-bond acceptors (Lipinski definition) is 13. The van der Waals surface area contributed by atoms with Crippen molar-refractivity contribution in [2.24, 2.45) is 41.4 Å². The zero-order chi connectivity index (χ0) is 59.4. The Morgan fingerprint density at radius 1 is 0.787 bits per heavy atom. The van der Waals surface area contributed by atoms with E-state index in [0.717, 1.165) is 12.0 Å². The number of rotatable bonds is 35. The van der Waals surface area contributed by atoms with Gasteiger partial charge in [-0.15, -0.1) is 0 Å². The third kappa shape index (κ3) is 18.5. The van der Waals surface area contributed by atoms with E-state index in [-0.39, 0.29) is 110 Å². The molecule has 2 fully saturated rings. The molecule has 80 heavy (non-hydrogen) atoms. The van der Waals surface area contributed by atoms with Gasteiger partial charge in [0.1, 0.15) is 12.4 Å². The first-order chi connectivity index (χ1) is 38.0. The lowest BCUT2D eigenvalue weighted by atomic mass is 9.83. The second kappa shape index (κ2) is 32.4. The minimum atomic E-state index is -1.05. The van der Waals surface area contributed by atoms with E-state index in [9.17, 15) is 48.3 Å². The number of amides is 5.